The summed E-state index contributed by atoms with van der Waals surface area (Å²) in [5.74, 6) is -3.61. The lowest BCUT2D eigenvalue weighted by molar-refractivity contribution is -0.199. The molecule has 0 aliphatic carbocycles. The molecule has 9 heteroatoms. The summed E-state index contributed by atoms with van der Waals surface area (Å²) in [7, 11) is 0. The highest BCUT2D eigenvalue weighted by Gasteiger charge is 2.41. The van der Waals surface area contributed by atoms with Crippen LogP contribution < -0.4 is 5.73 Å². The van der Waals surface area contributed by atoms with Crippen LogP contribution in [0.15, 0.2) is 35.2 Å². The Kier molecular flexibility index (Phi) is 6.24. The third-order valence-electron chi connectivity index (χ3n) is 2.56. The van der Waals surface area contributed by atoms with E-state index in [9.17, 15) is 27.9 Å². The number of hydrogen-bond donors (Lipinski definition) is 2. The lowest BCUT2D eigenvalue weighted by Gasteiger charge is -2.24. The normalized spacial score (nSPS) is 14.2. The minimum atomic E-state index is -5.06. The van der Waals surface area contributed by atoms with Crippen LogP contribution in [0.1, 0.15) is 12.8 Å². The summed E-state index contributed by atoms with van der Waals surface area (Å²) < 4.78 is 39.8. The maximum Gasteiger partial charge on any atom is 0.490 e. The van der Waals surface area contributed by atoms with Crippen molar-refractivity contribution in [2.75, 3.05) is 6.61 Å². The Bertz CT molecular complexity index is 524. The summed E-state index contributed by atoms with van der Waals surface area (Å²) in [6, 6.07) is 8.49. The van der Waals surface area contributed by atoms with Gasteiger partial charge < -0.3 is 15.6 Å². The molecule has 0 spiro atoms. The minimum absolute atomic E-state index is 0.107. The van der Waals surface area contributed by atoms with Crippen LogP contribution in [0.5, 0.6) is 0 Å². The zero-order chi connectivity index (χ0) is 16.8. The maximum absolute atomic E-state index is 11.9. The van der Waals surface area contributed by atoms with Crippen LogP contribution in [0.25, 0.3) is 0 Å². The van der Waals surface area contributed by atoms with Gasteiger partial charge in [0.25, 0.3) is 0 Å². The number of esters is 1. The van der Waals surface area contributed by atoms with Gasteiger partial charge in [-0.15, -0.1) is 0 Å². The van der Waals surface area contributed by atoms with E-state index in [4.69, 9.17) is 5.73 Å². The summed E-state index contributed by atoms with van der Waals surface area (Å²) in [5.41, 5.74) is 5.78. The first-order valence-electron chi connectivity index (χ1n) is 6.15. The van der Waals surface area contributed by atoms with Crippen LogP contribution in [-0.4, -0.2) is 34.7 Å². The van der Waals surface area contributed by atoms with Gasteiger partial charge in [-0.1, -0.05) is 30.0 Å². The summed E-state index contributed by atoms with van der Waals surface area (Å²) >= 11 is 0.879. The topological polar surface area (TPSA) is 89.6 Å². The molecule has 1 unspecified atom stereocenters. The molecule has 122 valence electrons. The van der Waals surface area contributed by atoms with Crippen LogP contribution in [0, 0.1) is 0 Å². The number of aliphatic carboxylic acids is 1. The SMILES string of the molecule is NC(CCCOC(=O)C(F)(F)F)(Sc1ccccc1)C(=O)O. The third kappa shape index (κ3) is 5.57. The fourth-order valence-corrected chi connectivity index (χ4v) is 2.53. The molecule has 1 atom stereocenters. The number of hydrogen-bond acceptors (Lipinski definition) is 5. The van der Waals surface area contributed by atoms with Crippen molar-refractivity contribution in [1.29, 1.82) is 0 Å². The highest BCUT2D eigenvalue weighted by atomic mass is 32.2. The van der Waals surface area contributed by atoms with Crippen LogP contribution in [0.2, 0.25) is 0 Å². The quantitative estimate of drug-likeness (QED) is 0.344. The molecule has 1 rings (SSSR count). The zero-order valence-electron chi connectivity index (χ0n) is 11.3. The number of carbonyl (C=O) groups excluding carboxylic acids is 1. The molecule has 3 N–H and O–H groups in total. The second-order valence-corrected chi connectivity index (χ2v) is 5.75. The van der Waals surface area contributed by atoms with E-state index in [1.54, 1.807) is 30.3 Å². The summed E-state index contributed by atoms with van der Waals surface area (Å²) in [5, 5.41) is 9.20. The number of halogens is 3. The number of carbonyl (C=O) groups is 2. The van der Waals surface area contributed by atoms with Gasteiger partial charge in [-0.05, 0) is 25.0 Å². The zero-order valence-corrected chi connectivity index (χ0v) is 12.1. The Labute approximate surface area is 128 Å². The second kappa shape index (κ2) is 7.50. The Balaban J connectivity index is 2.54. The van der Waals surface area contributed by atoms with E-state index < -0.39 is 29.6 Å². The number of alkyl halides is 3. The van der Waals surface area contributed by atoms with Gasteiger partial charge in [-0.25, -0.2) is 9.59 Å². The standard InChI is InChI=1S/C13H14F3NO4S/c14-13(15,16)11(20)21-8-4-7-12(17,10(18)19)22-9-5-2-1-3-6-9/h1-3,5-6H,4,7-8,17H2,(H,18,19). The van der Waals surface area contributed by atoms with Gasteiger partial charge in [-0.2, -0.15) is 13.2 Å². The Morgan fingerprint density at radius 3 is 2.32 bits per heavy atom. The average molecular weight is 337 g/mol. The number of carboxylic acids is 1. The third-order valence-corrected chi connectivity index (χ3v) is 3.81. The smallest absolute Gasteiger partial charge is 0.479 e. The van der Waals surface area contributed by atoms with E-state index in [-0.39, 0.29) is 12.8 Å². The van der Waals surface area contributed by atoms with Crippen LogP contribution in [-0.2, 0) is 14.3 Å². The molecule has 0 radical (unpaired) electrons. The molecule has 1 aromatic carbocycles. The Hall–Kier alpha value is -1.74. The molecule has 0 heterocycles. The highest BCUT2D eigenvalue weighted by Crippen LogP contribution is 2.32. The van der Waals surface area contributed by atoms with Crippen molar-refractivity contribution in [3.8, 4) is 0 Å². The van der Waals surface area contributed by atoms with Gasteiger partial charge in [0, 0.05) is 4.90 Å². The maximum atomic E-state index is 11.9. The van der Waals surface area contributed by atoms with Crippen molar-refractivity contribution >= 4 is 23.7 Å². The van der Waals surface area contributed by atoms with E-state index in [0.717, 1.165) is 11.8 Å². The lowest BCUT2D eigenvalue weighted by Crippen LogP contribution is -2.44. The summed E-state index contributed by atoms with van der Waals surface area (Å²) in [6.07, 6.45) is -5.33. The molecule has 0 aliphatic rings. The number of nitrogens with two attached hydrogens (primary N) is 1. The van der Waals surface area contributed by atoms with E-state index >= 15 is 0 Å². The van der Waals surface area contributed by atoms with Gasteiger partial charge in [0.2, 0.25) is 0 Å². The Morgan fingerprint density at radius 1 is 1.23 bits per heavy atom. The first-order valence-corrected chi connectivity index (χ1v) is 6.97. The average Bonchev–Trinajstić information content (AvgIpc) is 2.43. The molecule has 0 saturated heterocycles. The summed E-state index contributed by atoms with van der Waals surface area (Å²) in [6.45, 7) is -0.556. The van der Waals surface area contributed by atoms with Crippen molar-refractivity contribution < 1.29 is 32.6 Å². The van der Waals surface area contributed by atoms with Gasteiger partial charge in [-0.3, -0.25) is 0 Å². The molecule has 22 heavy (non-hydrogen) atoms. The minimum Gasteiger partial charge on any atom is -0.479 e. The van der Waals surface area contributed by atoms with E-state index in [1.165, 1.54) is 0 Å². The highest BCUT2D eigenvalue weighted by molar-refractivity contribution is 8.01. The fraction of sp³-hybridized carbons (Fsp3) is 0.385. The molecule has 0 amide bonds. The number of carboxylic acid groups (broad SMARTS) is 1. The van der Waals surface area contributed by atoms with Crippen LogP contribution in [0.4, 0.5) is 13.2 Å². The molecule has 5 nitrogen and oxygen atoms in total. The van der Waals surface area contributed by atoms with E-state index in [0.29, 0.717) is 4.90 Å². The predicted molar refractivity (Wildman–Crippen MR) is 73.1 cm³/mol. The molecule has 0 saturated carbocycles. The van der Waals surface area contributed by atoms with E-state index in [1.807, 2.05) is 0 Å². The van der Waals surface area contributed by atoms with Crippen molar-refractivity contribution in [2.24, 2.45) is 5.73 Å². The van der Waals surface area contributed by atoms with Crippen molar-refractivity contribution in [3.05, 3.63) is 30.3 Å². The molecular weight excluding hydrogens is 323 g/mol. The van der Waals surface area contributed by atoms with Gasteiger partial charge in [0.05, 0.1) is 6.61 Å². The van der Waals surface area contributed by atoms with E-state index in [2.05, 4.69) is 4.74 Å². The first-order chi connectivity index (χ1) is 10.1. The molecule has 0 aromatic heterocycles. The first kappa shape index (κ1) is 18.3. The largest absolute Gasteiger partial charge is 0.490 e. The molecule has 0 bridgehead atoms. The number of thioether (sulfide) groups is 1. The number of rotatable bonds is 7. The molecule has 1 aromatic rings. The molecule has 0 aliphatic heterocycles. The predicted octanol–water partition coefficient (Wildman–Crippen LogP) is 2.40. The van der Waals surface area contributed by atoms with Crippen LogP contribution in [0.3, 0.4) is 0 Å². The van der Waals surface area contributed by atoms with Crippen molar-refractivity contribution in [1.82, 2.24) is 0 Å². The number of ether oxygens (including phenoxy) is 1. The van der Waals surface area contributed by atoms with Crippen molar-refractivity contribution in [2.45, 2.75) is 28.8 Å². The van der Waals surface area contributed by atoms with Gasteiger partial charge >= 0.3 is 18.1 Å². The monoisotopic (exact) mass is 337 g/mol. The molecular formula is C13H14F3NO4S. The Morgan fingerprint density at radius 2 is 1.82 bits per heavy atom. The van der Waals surface area contributed by atoms with Crippen LogP contribution >= 0.6 is 11.8 Å². The second-order valence-electron chi connectivity index (χ2n) is 4.35. The van der Waals surface area contributed by atoms with Gasteiger partial charge in [0.1, 0.15) is 0 Å². The fourth-order valence-electron chi connectivity index (χ4n) is 1.48. The van der Waals surface area contributed by atoms with Gasteiger partial charge in [0.15, 0.2) is 4.87 Å². The molecule has 0 fully saturated rings. The van der Waals surface area contributed by atoms with Crippen molar-refractivity contribution in [3.63, 3.8) is 0 Å². The lowest BCUT2D eigenvalue weighted by atomic mass is 10.1. The summed E-state index contributed by atoms with van der Waals surface area (Å²) in [4.78, 5) is 20.7. The number of benzene rings is 1.